The fraction of sp³-hybridized carbons (Fsp3) is 0.556. The molecule has 2 amide bonds. The van der Waals surface area contributed by atoms with Crippen LogP contribution in [-0.4, -0.2) is 36.3 Å². The number of amides is 2. The Labute approximate surface area is 77.6 Å². The average molecular weight is 182 g/mol. The fourth-order valence-electron chi connectivity index (χ4n) is 1.36. The van der Waals surface area contributed by atoms with Gasteiger partial charge in [-0.05, 0) is 13.0 Å². The minimum absolute atomic E-state index is 0.0267. The van der Waals surface area contributed by atoms with Gasteiger partial charge in [0, 0.05) is 20.0 Å². The quantitative estimate of drug-likeness (QED) is 0.607. The Morgan fingerprint density at radius 2 is 2.38 bits per heavy atom. The molecule has 1 rings (SSSR count). The van der Waals surface area contributed by atoms with Crippen LogP contribution < -0.4 is 5.32 Å². The standard InChI is InChI=1S/C9H14N2O2/c1-3-4-8(12)10-7-5-9(13)11(2)6-7/h3-4,7H,5-6H2,1-2H3,(H,10,12)/b4-3+. The molecule has 0 aliphatic carbocycles. The zero-order chi connectivity index (χ0) is 9.84. The number of nitrogens with zero attached hydrogens (tertiary/aromatic N) is 1. The first-order valence-electron chi connectivity index (χ1n) is 4.30. The molecule has 4 heteroatoms. The summed E-state index contributed by atoms with van der Waals surface area (Å²) in [6.07, 6.45) is 3.55. The van der Waals surface area contributed by atoms with Crippen molar-refractivity contribution in [2.75, 3.05) is 13.6 Å². The summed E-state index contributed by atoms with van der Waals surface area (Å²) in [6, 6.07) is -0.0267. The first-order chi connectivity index (χ1) is 6.13. The summed E-state index contributed by atoms with van der Waals surface area (Å²) in [7, 11) is 1.74. The van der Waals surface area contributed by atoms with Crippen LogP contribution in [0, 0.1) is 0 Å². The molecule has 1 aliphatic heterocycles. The van der Waals surface area contributed by atoms with Crippen molar-refractivity contribution in [3.8, 4) is 0 Å². The van der Waals surface area contributed by atoms with Crippen molar-refractivity contribution in [1.29, 1.82) is 0 Å². The van der Waals surface area contributed by atoms with Crippen molar-refractivity contribution >= 4 is 11.8 Å². The van der Waals surface area contributed by atoms with Crippen molar-refractivity contribution in [2.24, 2.45) is 0 Å². The largest absolute Gasteiger partial charge is 0.348 e. The number of allylic oxidation sites excluding steroid dienone is 1. The minimum atomic E-state index is -0.129. The molecule has 0 aromatic heterocycles. The lowest BCUT2D eigenvalue weighted by molar-refractivity contribution is -0.126. The first kappa shape index (κ1) is 9.77. The Balaban J connectivity index is 2.40. The van der Waals surface area contributed by atoms with E-state index in [4.69, 9.17) is 0 Å². The number of carbonyl (C=O) groups excluding carboxylic acids is 2. The lowest BCUT2D eigenvalue weighted by Gasteiger charge is -2.10. The van der Waals surface area contributed by atoms with Crippen LogP contribution in [0.3, 0.4) is 0 Å². The van der Waals surface area contributed by atoms with Crippen LogP contribution in [0.2, 0.25) is 0 Å². The van der Waals surface area contributed by atoms with Crippen LogP contribution in [0.1, 0.15) is 13.3 Å². The zero-order valence-corrected chi connectivity index (χ0v) is 7.91. The average Bonchev–Trinajstić information content (AvgIpc) is 2.31. The Hall–Kier alpha value is -1.32. The van der Waals surface area contributed by atoms with Gasteiger partial charge in [-0.3, -0.25) is 9.59 Å². The molecule has 0 saturated carbocycles. The van der Waals surface area contributed by atoms with Gasteiger partial charge in [0.15, 0.2) is 0 Å². The smallest absolute Gasteiger partial charge is 0.243 e. The molecule has 1 atom stereocenters. The summed E-state index contributed by atoms with van der Waals surface area (Å²) in [5, 5.41) is 2.75. The molecule has 0 aromatic rings. The predicted molar refractivity (Wildman–Crippen MR) is 49.0 cm³/mol. The molecule has 13 heavy (non-hydrogen) atoms. The summed E-state index contributed by atoms with van der Waals surface area (Å²) >= 11 is 0. The van der Waals surface area contributed by atoms with E-state index >= 15 is 0 Å². The number of rotatable bonds is 2. The van der Waals surface area contributed by atoms with Gasteiger partial charge in [-0.2, -0.15) is 0 Å². The van der Waals surface area contributed by atoms with Gasteiger partial charge in [0.25, 0.3) is 0 Å². The summed E-state index contributed by atoms with van der Waals surface area (Å²) in [5.74, 6) is -0.0404. The molecule has 72 valence electrons. The van der Waals surface area contributed by atoms with Gasteiger partial charge in [-0.15, -0.1) is 0 Å². The van der Waals surface area contributed by atoms with E-state index in [0.717, 1.165) is 0 Å². The van der Waals surface area contributed by atoms with Crippen molar-refractivity contribution in [1.82, 2.24) is 10.2 Å². The lowest BCUT2D eigenvalue weighted by atomic mass is 10.2. The summed E-state index contributed by atoms with van der Waals surface area (Å²) in [4.78, 5) is 23.8. The number of likely N-dealkylation sites (N-methyl/N-ethyl adjacent to an activating group) is 1. The third-order valence-electron chi connectivity index (χ3n) is 2.01. The minimum Gasteiger partial charge on any atom is -0.348 e. The first-order valence-corrected chi connectivity index (χ1v) is 4.30. The summed E-state index contributed by atoms with van der Waals surface area (Å²) in [5.41, 5.74) is 0. The highest BCUT2D eigenvalue weighted by atomic mass is 16.2. The molecule has 1 fully saturated rings. The molecule has 0 spiro atoms. The molecular weight excluding hydrogens is 168 g/mol. The Kier molecular flexibility index (Phi) is 3.06. The second kappa shape index (κ2) is 4.07. The molecular formula is C9H14N2O2. The Morgan fingerprint density at radius 1 is 1.69 bits per heavy atom. The van der Waals surface area contributed by atoms with Gasteiger partial charge in [-0.25, -0.2) is 0 Å². The molecule has 1 saturated heterocycles. The van der Waals surface area contributed by atoms with E-state index in [-0.39, 0.29) is 17.9 Å². The molecule has 1 aliphatic rings. The Morgan fingerprint density at radius 3 is 2.85 bits per heavy atom. The van der Waals surface area contributed by atoms with Gasteiger partial charge < -0.3 is 10.2 Å². The second-order valence-corrected chi connectivity index (χ2v) is 3.18. The van der Waals surface area contributed by atoms with E-state index in [0.29, 0.717) is 13.0 Å². The Bertz CT molecular complexity index is 248. The fourth-order valence-corrected chi connectivity index (χ4v) is 1.36. The number of likely N-dealkylation sites (tertiary alicyclic amines) is 1. The molecule has 1 N–H and O–H groups in total. The van der Waals surface area contributed by atoms with E-state index in [2.05, 4.69) is 5.32 Å². The van der Waals surface area contributed by atoms with Gasteiger partial charge in [0.1, 0.15) is 0 Å². The topological polar surface area (TPSA) is 49.4 Å². The van der Waals surface area contributed by atoms with Crippen molar-refractivity contribution < 1.29 is 9.59 Å². The van der Waals surface area contributed by atoms with Crippen molar-refractivity contribution in [3.05, 3.63) is 12.2 Å². The lowest BCUT2D eigenvalue weighted by Crippen LogP contribution is -2.35. The zero-order valence-electron chi connectivity index (χ0n) is 7.91. The number of hydrogen-bond acceptors (Lipinski definition) is 2. The van der Waals surface area contributed by atoms with Crippen LogP contribution in [-0.2, 0) is 9.59 Å². The predicted octanol–water partition coefficient (Wildman–Crippen LogP) is -0.0906. The van der Waals surface area contributed by atoms with Crippen LogP contribution >= 0.6 is 0 Å². The third-order valence-corrected chi connectivity index (χ3v) is 2.01. The monoisotopic (exact) mass is 182 g/mol. The van der Waals surface area contributed by atoms with Crippen LogP contribution in [0.25, 0.3) is 0 Å². The molecule has 4 nitrogen and oxygen atoms in total. The van der Waals surface area contributed by atoms with Crippen LogP contribution in [0.5, 0.6) is 0 Å². The van der Waals surface area contributed by atoms with Gasteiger partial charge in [0.05, 0.1) is 6.04 Å². The molecule has 0 aromatic carbocycles. The van der Waals surface area contributed by atoms with E-state index in [1.165, 1.54) is 6.08 Å². The molecule has 1 heterocycles. The molecule has 1 unspecified atom stereocenters. The van der Waals surface area contributed by atoms with Crippen LogP contribution in [0.4, 0.5) is 0 Å². The maximum Gasteiger partial charge on any atom is 0.243 e. The third kappa shape index (κ3) is 2.57. The van der Waals surface area contributed by atoms with Gasteiger partial charge in [-0.1, -0.05) is 6.08 Å². The maximum absolute atomic E-state index is 11.1. The number of nitrogens with one attached hydrogen (secondary N) is 1. The van der Waals surface area contributed by atoms with Gasteiger partial charge in [0.2, 0.25) is 11.8 Å². The molecule has 0 radical (unpaired) electrons. The number of hydrogen-bond donors (Lipinski definition) is 1. The summed E-state index contributed by atoms with van der Waals surface area (Å²) < 4.78 is 0. The normalized spacial score (nSPS) is 22.8. The van der Waals surface area contributed by atoms with Crippen molar-refractivity contribution in [3.63, 3.8) is 0 Å². The highest BCUT2D eigenvalue weighted by Gasteiger charge is 2.27. The highest BCUT2D eigenvalue weighted by molar-refractivity contribution is 5.88. The van der Waals surface area contributed by atoms with E-state index in [1.807, 2.05) is 0 Å². The van der Waals surface area contributed by atoms with E-state index in [1.54, 1.807) is 24.9 Å². The SMILES string of the molecule is C/C=C/C(=O)NC1CC(=O)N(C)C1. The van der Waals surface area contributed by atoms with E-state index in [9.17, 15) is 9.59 Å². The molecule has 0 bridgehead atoms. The second-order valence-electron chi connectivity index (χ2n) is 3.18. The summed E-state index contributed by atoms with van der Waals surface area (Å²) in [6.45, 7) is 2.40. The maximum atomic E-state index is 11.1. The highest BCUT2D eigenvalue weighted by Crippen LogP contribution is 2.07. The van der Waals surface area contributed by atoms with E-state index < -0.39 is 0 Å². The number of carbonyl (C=O) groups is 2. The van der Waals surface area contributed by atoms with Gasteiger partial charge >= 0.3 is 0 Å². The van der Waals surface area contributed by atoms with Crippen molar-refractivity contribution in [2.45, 2.75) is 19.4 Å². The van der Waals surface area contributed by atoms with Crippen LogP contribution in [0.15, 0.2) is 12.2 Å².